The van der Waals surface area contributed by atoms with Crippen molar-refractivity contribution in [2.45, 2.75) is 24.8 Å². The number of nitrogens with two attached hydrogens (primary N) is 1. The first-order valence-corrected chi connectivity index (χ1v) is 8.13. The Balaban J connectivity index is 3.35. The van der Waals surface area contributed by atoms with E-state index in [0.29, 0.717) is 0 Å². The van der Waals surface area contributed by atoms with E-state index in [4.69, 9.17) is 10.8 Å². The second-order valence-electron chi connectivity index (χ2n) is 4.56. The van der Waals surface area contributed by atoms with Crippen molar-refractivity contribution in [2.75, 3.05) is 6.54 Å². The molecule has 0 aromatic heterocycles. The highest BCUT2D eigenvalue weighted by Crippen LogP contribution is 2.27. The fourth-order valence-electron chi connectivity index (χ4n) is 1.67. The predicted molar refractivity (Wildman–Crippen MR) is 79.3 cm³/mol. The Morgan fingerprint density at radius 1 is 1.38 bits per heavy atom. The Labute approximate surface area is 130 Å². The van der Waals surface area contributed by atoms with Crippen LogP contribution in [-0.4, -0.2) is 42.3 Å². The lowest BCUT2D eigenvalue weighted by Crippen LogP contribution is -2.42. The molecule has 0 aliphatic carbocycles. The number of aromatic carboxylic acids is 1. The van der Waals surface area contributed by atoms with E-state index in [1.165, 1.54) is 18.2 Å². The van der Waals surface area contributed by atoms with Crippen LogP contribution in [0.2, 0.25) is 0 Å². The second-order valence-corrected chi connectivity index (χ2v) is 7.27. The zero-order chi connectivity index (χ0) is 16.4. The van der Waals surface area contributed by atoms with Crippen LogP contribution in [0.15, 0.2) is 27.6 Å². The lowest BCUT2D eigenvalue weighted by Gasteiger charge is -2.25. The van der Waals surface area contributed by atoms with Crippen molar-refractivity contribution < 1.29 is 23.1 Å². The van der Waals surface area contributed by atoms with Gasteiger partial charge in [0.05, 0.1) is 17.0 Å². The number of amides is 1. The van der Waals surface area contributed by atoms with Gasteiger partial charge in [0.15, 0.2) is 0 Å². The van der Waals surface area contributed by atoms with Crippen molar-refractivity contribution in [3.63, 3.8) is 0 Å². The van der Waals surface area contributed by atoms with Gasteiger partial charge in [-0.05, 0) is 48.0 Å². The first-order chi connectivity index (χ1) is 9.57. The first-order valence-electron chi connectivity index (χ1n) is 5.90. The van der Waals surface area contributed by atoms with Gasteiger partial charge in [0.25, 0.3) is 0 Å². The maximum absolute atomic E-state index is 12.6. The predicted octanol–water partition coefficient (Wildman–Crippen LogP) is 1.03. The molecule has 1 rings (SSSR count). The molecule has 1 aromatic rings. The summed E-state index contributed by atoms with van der Waals surface area (Å²) in [6, 6.07) is 3.08. The largest absolute Gasteiger partial charge is 0.478 e. The summed E-state index contributed by atoms with van der Waals surface area (Å²) < 4.78 is 26.2. The highest BCUT2D eigenvalue weighted by Gasteiger charge is 2.30. The van der Waals surface area contributed by atoms with Crippen LogP contribution in [0, 0.1) is 0 Å². The van der Waals surface area contributed by atoms with Crippen LogP contribution in [-0.2, 0) is 14.8 Å². The molecule has 0 unspecified atom stereocenters. The molecule has 0 spiro atoms. The van der Waals surface area contributed by atoms with Gasteiger partial charge in [0.1, 0.15) is 0 Å². The van der Waals surface area contributed by atoms with Gasteiger partial charge < -0.3 is 10.8 Å². The topological polar surface area (TPSA) is 118 Å². The number of rotatable bonds is 6. The van der Waals surface area contributed by atoms with Crippen molar-refractivity contribution in [1.82, 2.24) is 4.31 Å². The minimum atomic E-state index is -3.98. The molecule has 0 aliphatic heterocycles. The van der Waals surface area contributed by atoms with Gasteiger partial charge in [0.2, 0.25) is 15.9 Å². The number of hydrogen-bond donors (Lipinski definition) is 2. The summed E-state index contributed by atoms with van der Waals surface area (Å²) in [5.74, 6) is -1.94. The first kappa shape index (κ1) is 17.6. The molecule has 0 atom stereocenters. The Bertz CT molecular complexity index is 672. The van der Waals surface area contributed by atoms with Crippen LogP contribution in [0.5, 0.6) is 0 Å². The molecule has 1 amide bonds. The number of primary amides is 1. The molecule has 0 fully saturated rings. The standard InChI is InChI=1S/C12H15BrN2O5S/c1-7(2)15(6-11(14)16)21(19,20)10-4-3-8(12(17)18)5-9(10)13/h3-5,7H,6H2,1-2H3,(H2,14,16)(H,17,18). The molecular weight excluding hydrogens is 364 g/mol. The zero-order valence-corrected chi connectivity index (χ0v) is 13.8. The molecule has 0 radical (unpaired) electrons. The van der Waals surface area contributed by atoms with Crippen molar-refractivity contribution in [1.29, 1.82) is 0 Å². The minimum absolute atomic E-state index is 0.0492. The number of carbonyl (C=O) groups excluding carboxylic acids is 1. The number of hydrogen-bond acceptors (Lipinski definition) is 4. The number of carbonyl (C=O) groups is 2. The minimum Gasteiger partial charge on any atom is -0.478 e. The van der Waals surface area contributed by atoms with Gasteiger partial charge in [-0.15, -0.1) is 0 Å². The number of sulfonamides is 1. The lowest BCUT2D eigenvalue weighted by molar-refractivity contribution is -0.118. The molecule has 0 saturated carbocycles. The molecular formula is C12H15BrN2O5S. The molecule has 0 heterocycles. The molecule has 0 aliphatic rings. The normalized spacial score (nSPS) is 11.9. The third-order valence-electron chi connectivity index (χ3n) is 2.65. The molecule has 21 heavy (non-hydrogen) atoms. The van der Waals surface area contributed by atoms with Gasteiger partial charge in [-0.25, -0.2) is 13.2 Å². The van der Waals surface area contributed by atoms with E-state index >= 15 is 0 Å². The monoisotopic (exact) mass is 378 g/mol. The van der Waals surface area contributed by atoms with Crippen LogP contribution >= 0.6 is 15.9 Å². The van der Waals surface area contributed by atoms with Crippen molar-refractivity contribution in [3.8, 4) is 0 Å². The van der Waals surface area contributed by atoms with Crippen LogP contribution in [0.4, 0.5) is 0 Å². The van der Waals surface area contributed by atoms with Crippen LogP contribution in [0.25, 0.3) is 0 Å². The number of carboxylic acids is 1. The Morgan fingerprint density at radius 2 is 1.95 bits per heavy atom. The van der Waals surface area contributed by atoms with E-state index in [0.717, 1.165) is 4.31 Å². The van der Waals surface area contributed by atoms with Crippen LogP contribution in [0.1, 0.15) is 24.2 Å². The van der Waals surface area contributed by atoms with Crippen molar-refractivity contribution in [2.24, 2.45) is 5.73 Å². The van der Waals surface area contributed by atoms with Gasteiger partial charge in [-0.3, -0.25) is 4.79 Å². The van der Waals surface area contributed by atoms with Gasteiger partial charge >= 0.3 is 5.97 Å². The van der Waals surface area contributed by atoms with E-state index < -0.39 is 34.5 Å². The summed E-state index contributed by atoms with van der Waals surface area (Å²) in [6.07, 6.45) is 0. The van der Waals surface area contributed by atoms with Gasteiger partial charge in [-0.2, -0.15) is 4.31 Å². The Kier molecular flexibility index (Phi) is 5.48. The average Bonchev–Trinajstić information content (AvgIpc) is 2.34. The molecule has 0 bridgehead atoms. The van der Waals surface area contributed by atoms with E-state index in [-0.39, 0.29) is 14.9 Å². The molecule has 0 saturated heterocycles. The van der Waals surface area contributed by atoms with E-state index in [1.807, 2.05) is 0 Å². The van der Waals surface area contributed by atoms with E-state index in [1.54, 1.807) is 13.8 Å². The quantitative estimate of drug-likeness (QED) is 0.766. The third-order valence-corrected chi connectivity index (χ3v) is 5.65. The maximum atomic E-state index is 12.6. The van der Waals surface area contributed by atoms with Crippen molar-refractivity contribution >= 4 is 37.8 Å². The summed E-state index contributed by atoms with van der Waals surface area (Å²) in [5, 5.41) is 8.88. The summed E-state index contributed by atoms with van der Waals surface area (Å²) in [5.41, 5.74) is 5.02. The molecule has 9 heteroatoms. The number of halogens is 1. The number of carboxylic acid groups (broad SMARTS) is 1. The Morgan fingerprint density at radius 3 is 2.33 bits per heavy atom. The van der Waals surface area contributed by atoms with Crippen LogP contribution < -0.4 is 5.73 Å². The molecule has 3 N–H and O–H groups in total. The average molecular weight is 379 g/mol. The van der Waals surface area contributed by atoms with E-state index in [9.17, 15) is 18.0 Å². The number of nitrogens with zero attached hydrogens (tertiary/aromatic N) is 1. The summed E-state index contributed by atoms with van der Waals surface area (Å²) in [6.45, 7) is 2.77. The number of benzene rings is 1. The fraction of sp³-hybridized carbons (Fsp3) is 0.333. The lowest BCUT2D eigenvalue weighted by atomic mass is 10.2. The second kappa shape index (κ2) is 6.54. The third kappa shape index (κ3) is 4.02. The van der Waals surface area contributed by atoms with Gasteiger partial charge in [0, 0.05) is 10.5 Å². The zero-order valence-electron chi connectivity index (χ0n) is 11.4. The summed E-state index contributed by atoms with van der Waals surface area (Å²) in [7, 11) is -3.98. The highest BCUT2D eigenvalue weighted by molar-refractivity contribution is 9.10. The van der Waals surface area contributed by atoms with E-state index in [2.05, 4.69) is 15.9 Å². The smallest absolute Gasteiger partial charge is 0.335 e. The van der Waals surface area contributed by atoms with Crippen LogP contribution in [0.3, 0.4) is 0 Å². The highest BCUT2D eigenvalue weighted by atomic mass is 79.9. The maximum Gasteiger partial charge on any atom is 0.335 e. The molecule has 1 aromatic carbocycles. The fourth-order valence-corrected chi connectivity index (χ4v) is 4.31. The summed E-state index contributed by atoms with van der Waals surface area (Å²) in [4.78, 5) is 21.8. The Hall–Kier alpha value is -1.45. The van der Waals surface area contributed by atoms with Gasteiger partial charge in [-0.1, -0.05) is 0 Å². The molecule has 7 nitrogen and oxygen atoms in total. The SMILES string of the molecule is CC(C)N(CC(N)=O)S(=O)(=O)c1ccc(C(=O)O)cc1Br. The van der Waals surface area contributed by atoms with Crippen molar-refractivity contribution in [3.05, 3.63) is 28.2 Å². The summed E-state index contributed by atoms with van der Waals surface area (Å²) >= 11 is 3.05. The molecule has 116 valence electrons.